The highest BCUT2D eigenvalue weighted by atomic mass is 16.5. The zero-order chi connectivity index (χ0) is 14.1. The van der Waals surface area contributed by atoms with Gasteiger partial charge in [-0.2, -0.15) is 0 Å². The number of amides is 1. The Bertz CT molecular complexity index is 630. The number of fused-ring (bicyclic) bond motifs is 1. The Morgan fingerprint density at radius 1 is 0.950 bits per heavy atom. The second-order valence-corrected chi connectivity index (χ2v) is 4.62. The summed E-state index contributed by atoms with van der Waals surface area (Å²) in [6, 6.07) is 16.4. The van der Waals surface area contributed by atoms with Crippen molar-refractivity contribution in [3.8, 4) is 0 Å². The van der Waals surface area contributed by atoms with Gasteiger partial charge in [0.25, 0.3) is 5.91 Å². The molecule has 5 heteroatoms. The van der Waals surface area contributed by atoms with Gasteiger partial charge in [0.2, 0.25) is 6.23 Å². The summed E-state index contributed by atoms with van der Waals surface area (Å²) in [6.07, 6.45) is -1.58. The maximum Gasteiger partial charge on any atom is 0.279 e. The largest absolute Gasteiger partial charge is 0.364 e. The van der Waals surface area contributed by atoms with Crippen LogP contribution in [-0.2, 0) is 11.3 Å². The first-order valence-electron chi connectivity index (χ1n) is 6.29. The van der Waals surface area contributed by atoms with E-state index in [0.717, 1.165) is 5.56 Å². The summed E-state index contributed by atoms with van der Waals surface area (Å²) in [5, 5.41) is 20.2. The van der Waals surface area contributed by atoms with E-state index >= 15 is 0 Å². The Balaban J connectivity index is 2.01. The van der Waals surface area contributed by atoms with Crippen LogP contribution in [0.15, 0.2) is 54.6 Å². The van der Waals surface area contributed by atoms with Crippen LogP contribution in [0, 0.1) is 0 Å². The maximum absolute atomic E-state index is 12.2. The van der Waals surface area contributed by atoms with Crippen molar-refractivity contribution in [2.75, 3.05) is 9.96 Å². The van der Waals surface area contributed by atoms with E-state index in [1.807, 2.05) is 30.3 Å². The third-order valence-corrected chi connectivity index (χ3v) is 3.32. The van der Waals surface area contributed by atoms with Crippen molar-refractivity contribution in [1.82, 2.24) is 0 Å². The molecule has 0 aromatic heterocycles. The minimum atomic E-state index is -1.58. The molecule has 0 saturated heterocycles. The standard InChI is InChI=1S/C15H14N2O3/c18-14-15(19)17(20)13-9-5-4-8-12(13)16(14)10-11-6-2-1-3-7-11/h1-9,15,19-20H,10H2. The number of rotatable bonds is 2. The highest BCUT2D eigenvalue weighted by Crippen LogP contribution is 2.35. The van der Waals surface area contributed by atoms with Gasteiger partial charge < -0.3 is 10.0 Å². The number of hydrogen-bond acceptors (Lipinski definition) is 4. The predicted molar refractivity (Wildman–Crippen MR) is 74.3 cm³/mol. The summed E-state index contributed by atoms with van der Waals surface area (Å²) in [4.78, 5) is 13.7. The Hall–Kier alpha value is -2.37. The van der Waals surface area contributed by atoms with Crippen LogP contribution in [0.2, 0.25) is 0 Å². The molecule has 1 aliphatic rings. The summed E-state index contributed by atoms with van der Waals surface area (Å²) >= 11 is 0. The highest BCUT2D eigenvalue weighted by molar-refractivity contribution is 6.03. The number of hydroxylamine groups is 1. The molecule has 20 heavy (non-hydrogen) atoms. The van der Waals surface area contributed by atoms with Gasteiger partial charge in [-0.15, -0.1) is 0 Å². The number of aliphatic hydroxyl groups is 1. The van der Waals surface area contributed by atoms with Crippen molar-refractivity contribution in [2.24, 2.45) is 0 Å². The first-order valence-corrected chi connectivity index (χ1v) is 6.29. The monoisotopic (exact) mass is 270 g/mol. The molecule has 3 rings (SSSR count). The lowest BCUT2D eigenvalue weighted by Gasteiger charge is -2.36. The number of para-hydroxylation sites is 2. The lowest BCUT2D eigenvalue weighted by molar-refractivity contribution is -0.130. The number of hydrogen-bond donors (Lipinski definition) is 2. The molecule has 1 amide bonds. The van der Waals surface area contributed by atoms with Crippen LogP contribution in [-0.4, -0.2) is 22.4 Å². The minimum absolute atomic E-state index is 0.349. The molecule has 0 aliphatic carbocycles. The van der Waals surface area contributed by atoms with Crippen LogP contribution in [0.1, 0.15) is 5.56 Å². The normalized spacial score (nSPS) is 18.1. The summed E-state index contributed by atoms with van der Waals surface area (Å²) < 4.78 is 0. The number of aliphatic hydroxyl groups excluding tert-OH is 1. The van der Waals surface area contributed by atoms with Gasteiger partial charge in [-0.25, -0.2) is 5.06 Å². The van der Waals surface area contributed by atoms with Gasteiger partial charge in [-0.3, -0.25) is 10.0 Å². The minimum Gasteiger partial charge on any atom is -0.364 e. The van der Waals surface area contributed by atoms with Crippen molar-refractivity contribution in [1.29, 1.82) is 0 Å². The van der Waals surface area contributed by atoms with E-state index in [1.54, 1.807) is 24.3 Å². The van der Waals surface area contributed by atoms with Crippen molar-refractivity contribution in [3.63, 3.8) is 0 Å². The molecule has 0 radical (unpaired) electrons. The van der Waals surface area contributed by atoms with E-state index in [4.69, 9.17) is 0 Å². The van der Waals surface area contributed by atoms with E-state index in [1.165, 1.54) is 4.90 Å². The van der Waals surface area contributed by atoms with Gasteiger partial charge >= 0.3 is 0 Å². The third kappa shape index (κ3) is 2.03. The Morgan fingerprint density at radius 2 is 1.55 bits per heavy atom. The van der Waals surface area contributed by atoms with Gasteiger partial charge in [-0.05, 0) is 17.7 Å². The molecule has 1 unspecified atom stereocenters. The van der Waals surface area contributed by atoms with Gasteiger partial charge in [0.1, 0.15) is 0 Å². The topological polar surface area (TPSA) is 64.0 Å². The van der Waals surface area contributed by atoms with Crippen LogP contribution >= 0.6 is 0 Å². The fraction of sp³-hybridized carbons (Fsp3) is 0.133. The number of carbonyl (C=O) groups excluding carboxylic acids is 1. The maximum atomic E-state index is 12.2. The fourth-order valence-electron chi connectivity index (χ4n) is 2.31. The fourth-order valence-corrected chi connectivity index (χ4v) is 2.31. The first kappa shape index (κ1) is 12.7. The van der Waals surface area contributed by atoms with Gasteiger partial charge in [-0.1, -0.05) is 42.5 Å². The summed E-state index contributed by atoms with van der Waals surface area (Å²) in [5.41, 5.74) is 1.94. The SMILES string of the molecule is O=C1C(O)N(O)c2ccccc2N1Cc1ccccc1. The molecule has 5 nitrogen and oxygen atoms in total. The number of nitrogens with zero attached hydrogens (tertiary/aromatic N) is 2. The molecular weight excluding hydrogens is 256 g/mol. The molecule has 0 saturated carbocycles. The molecular formula is C15H14N2O3. The molecule has 0 bridgehead atoms. The van der Waals surface area contributed by atoms with Gasteiger partial charge in [0.05, 0.1) is 17.9 Å². The summed E-state index contributed by atoms with van der Waals surface area (Å²) in [6.45, 7) is 0.349. The average molecular weight is 270 g/mol. The highest BCUT2D eigenvalue weighted by Gasteiger charge is 2.36. The van der Waals surface area contributed by atoms with Crippen LogP contribution in [0.3, 0.4) is 0 Å². The van der Waals surface area contributed by atoms with Crippen LogP contribution in [0.4, 0.5) is 11.4 Å². The predicted octanol–water partition coefficient (Wildman–Crippen LogP) is 1.75. The molecule has 2 N–H and O–H groups in total. The molecule has 1 heterocycles. The van der Waals surface area contributed by atoms with E-state index in [0.29, 0.717) is 23.0 Å². The first-order chi connectivity index (χ1) is 9.68. The molecule has 0 spiro atoms. The quantitative estimate of drug-likeness (QED) is 0.872. The van der Waals surface area contributed by atoms with Crippen molar-refractivity contribution >= 4 is 17.3 Å². The van der Waals surface area contributed by atoms with Crippen LogP contribution in [0.25, 0.3) is 0 Å². The third-order valence-electron chi connectivity index (χ3n) is 3.32. The zero-order valence-electron chi connectivity index (χ0n) is 10.7. The molecule has 102 valence electrons. The second-order valence-electron chi connectivity index (χ2n) is 4.62. The smallest absolute Gasteiger partial charge is 0.279 e. The van der Waals surface area contributed by atoms with E-state index in [9.17, 15) is 15.1 Å². The lowest BCUT2D eigenvalue weighted by Crippen LogP contribution is -2.52. The van der Waals surface area contributed by atoms with Crippen LogP contribution in [0.5, 0.6) is 0 Å². The lowest BCUT2D eigenvalue weighted by atomic mass is 10.1. The zero-order valence-corrected chi connectivity index (χ0v) is 10.7. The molecule has 1 atom stereocenters. The van der Waals surface area contributed by atoms with E-state index in [-0.39, 0.29) is 0 Å². The Morgan fingerprint density at radius 3 is 2.25 bits per heavy atom. The molecule has 2 aromatic rings. The molecule has 0 fully saturated rings. The number of benzene rings is 2. The molecule has 2 aromatic carbocycles. The number of carbonyl (C=O) groups is 1. The average Bonchev–Trinajstić information content (AvgIpc) is 2.50. The summed E-state index contributed by atoms with van der Waals surface area (Å²) in [5.74, 6) is -0.546. The second kappa shape index (κ2) is 4.96. The van der Waals surface area contributed by atoms with Crippen LogP contribution < -0.4 is 9.96 Å². The van der Waals surface area contributed by atoms with Gasteiger partial charge in [0, 0.05) is 0 Å². The van der Waals surface area contributed by atoms with Crippen molar-refractivity contribution in [3.05, 3.63) is 60.2 Å². The summed E-state index contributed by atoms with van der Waals surface area (Å²) in [7, 11) is 0. The Kier molecular flexibility index (Phi) is 3.14. The van der Waals surface area contributed by atoms with E-state index < -0.39 is 12.1 Å². The van der Waals surface area contributed by atoms with Crippen molar-refractivity contribution < 1.29 is 15.1 Å². The van der Waals surface area contributed by atoms with Gasteiger partial charge in [0.15, 0.2) is 0 Å². The molecule has 1 aliphatic heterocycles. The number of anilines is 2. The van der Waals surface area contributed by atoms with Crippen molar-refractivity contribution in [2.45, 2.75) is 12.8 Å². The van der Waals surface area contributed by atoms with E-state index in [2.05, 4.69) is 0 Å². The Labute approximate surface area is 116 Å².